The smallest absolute Gasteiger partial charge is 0.414 e. The second-order valence-electron chi connectivity index (χ2n) is 6.35. The van der Waals surface area contributed by atoms with Crippen LogP contribution in [0.3, 0.4) is 0 Å². The molecule has 2 aromatic rings. The Hall–Kier alpha value is -2.70. The van der Waals surface area contributed by atoms with Crippen molar-refractivity contribution in [1.82, 2.24) is 4.90 Å². The number of likely N-dealkylation sites (N-methyl/N-ethyl adjacent to an activating group) is 1. The van der Waals surface area contributed by atoms with Crippen molar-refractivity contribution in [3.05, 3.63) is 71.8 Å². The predicted octanol–water partition coefficient (Wildman–Crippen LogP) is 2.97. The highest BCUT2D eigenvalue weighted by Crippen LogP contribution is 2.03. The van der Waals surface area contributed by atoms with E-state index in [0.29, 0.717) is 0 Å². The minimum Gasteiger partial charge on any atom is -0.473 e. The summed E-state index contributed by atoms with van der Waals surface area (Å²) < 4.78 is 5.74. The van der Waals surface area contributed by atoms with Crippen molar-refractivity contribution >= 4 is 11.9 Å². The number of hydrogen-bond donors (Lipinski definition) is 2. The average molecular weight is 387 g/mol. The van der Waals surface area contributed by atoms with Gasteiger partial charge in [0, 0.05) is 19.7 Å². The van der Waals surface area contributed by atoms with Crippen LogP contribution in [0.5, 0.6) is 0 Å². The second kappa shape index (κ2) is 14.4. The Bertz CT molecular complexity index is 664. The third kappa shape index (κ3) is 11.8. The van der Waals surface area contributed by atoms with Gasteiger partial charge in [0.05, 0.1) is 6.61 Å². The summed E-state index contributed by atoms with van der Waals surface area (Å²) in [6.07, 6.45) is 3.30. The largest absolute Gasteiger partial charge is 0.473 e. The van der Waals surface area contributed by atoms with E-state index in [1.807, 2.05) is 0 Å². The van der Waals surface area contributed by atoms with Crippen molar-refractivity contribution in [2.45, 2.75) is 19.3 Å². The Kier molecular flexibility index (Phi) is 12.0. The number of carboxylic acid groups (broad SMARTS) is 2. The van der Waals surface area contributed by atoms with Crippen molar-refractivity contribution in [3.8, 4) is 0 Å². The van der Waals surface area contributed by atoms with E-state index in [4.69, 9.17) is 24.5 Å². The molecule has 2 N–H and O–H groups in total. The van der Waals surface area contributed by atoms with Crippen molar-refractivity contribution in [2.24, 2.45) is 0 Å². The highest BCUT2D eigenvalue weighted by Gasteiger charge is 2.04. The van der Waals surface area contributed by atoms with Crippen molar-refractivity contribution in [3.63, 3.8) is 0 Å². The molecule has 0 atom stereocenters. The number of ether oxygens (including phenoxy) is 1. The molecule has 0 fully saturated rings. The summed E-state index contributed by atoms with van der Waals surface area (Å²) in [5.41, 5.74) is 2.80. The Labute approximate surface area is 166 Å². The molecule has 6 heteroatoms. The van der Waals surface area contributed by atoms with Crippen LogP contribution in [0.2, 0.25) is 0 Å². The normalized spacial score (nSPS) is 10.2. The number of aryl methyl sites for hydroxylation is 1. The van der Waals surface area contributed by atoms with Crippen LogP contribution in [-0.4, -0.2) is 60.4 Å². The molecule has 0 bridgehead atoms. The molecule has 2 aromatic carbocycles. The molecular formula is C22H29NO5. The molecule has 0 aliphatic rings. The Morgan fingerprint density at radius 3 is 1.79 bits per heavy atom. The average Bonchev–Trinajstić information content (AvgIpc) is 2.71. The third-order valence-corrected chi connectivity index (χ3v) is 4.02. The number of benzene rings is 2. The fourth-order valence-electron chi connectivity index (χ4n) is 2.42. The number of nitrogens with zero attached hydrogens (tertiary/aromatic N) is 1. The van der Waals surface area contributed by atoms with Gasteiger partial charge in [-0.3, -0.25) is 0 Å². The lowest BCUT2D eigenvalue weighted by molar-refractivity contribution is -0.159. The van der Waals surface area contributed by atoms with Crippen LogP contribution >= 0.6 is 0 Å². The minimum atomic E-state index is -1.82. The lowest BCUT2D eigenvalue weighted by Crippen LogP contribution is -2.25. The van der Waals surface area contributed by atoms with E-state index in [1.54, 1.807) is 0 Å². The van der Waals surface area contributed by atoms with Gasteiger partial charge in [-0.25, -0.2) is 9.59 Å². The molecule has 152 valence electrons. The quantitative estimate of drug-likeness (QED) is 0.481. The molecule has 0 heterocycles. The highest BCUT2D eigenvalue weighted by atomic mass is 16.5. The summed E-state index contributed by atoms with van der Waals surface area (Å²) in [5, 5.41) is 14.8. The number of aliphatic carboxylic acids is 2. The minimum absolute atomic E-state index is 0.820. The summed E-state index contributed by atoms with van der Waals surface area (Å²) in [6.45, 7) is 3.75. The Morgan fingerprint density at radius 1 is 0.786 bits per heavy atom. The molecule has 0 saturated carbocycles. The fraction of sp³-hybridized carbons (Fsp3) is 0.364. The zero-order valence-electron chi connectivity index (χ0n) is 16.3. The molecule has 0 aromatic heterocycles. The van der Waals surface area contributed by atoms with Crippen molar-refractivity contribution in [2.75, 3.05) is 33.4 Å². The fourth-order valence-corrected chi connectivity index (χ4v) is 2.42. The molecular weight excluding hydrogens is 358 g/mol. The first-order valence-electron chi connectivity index (χ1n) is 9.29. The molecule has 2 rings (SSSR count). The van der Waals surface area contributed by atoms with Crippen LogP contribution in [0.25, 0.3) is 0 Å². The molecule has 0 amide bonds. The zero-order chi connectivity index (χ0) is 20.6. The van der Waals surface area contributed by atoms with E-state index < -0.39 is 11.9 Å². The molecule has 0 aliphatic carbocycles. The van der Waals surface area contributed by atoms with E-state index in [1.165, 1.54) is 11.1 Å². The molecule has 0 aliphatic heterocycles. The van der Waals surface area contributed by atoms with E-state index >= 15 is 0 Å². The SMILES string of the molecule is CN(CCOCCCc1ccccc1)CCc1ccccc1.O=C(O)C(=O)O. The summed E-state index contributed by atoms with van der Waals surface area (Å²) in [4.78, 5) is 20.5. The van der Waals surface area contributed by atoms with Gasteiger partial charge in [0.25, 0.3) is 0 Å². The maximum absolute atomic E-state index is 9.10. The van der Waals surface area contributed by atoms with Gasteiger partial charge >= 0.3 is 11.9 Å². The van der Waals surface area contributed by atoms with Crippen LogP contribution in [0.4, 0.5) is 0 Å². The zero-order valence-corrected chi connectivity index (χ0v) is 16.3. The Morgan fingerprint density at radius 2 is 1.29 bits per heavy atom. The van der Waals surface area contributed by atoms with Gasteiger partial charge in [-0.1, -0.05) is 60.7 Å². The van der Waals surface area contributed by atoms with Crippen LogP contribution in [0.1, 0.15) is 17.5 Å². The summed E-state index contributed by atoms with van der Waals surface area (Å²) in [7, 11) is 2.16. The van der Waals surface area contributed by atoms with Crippen LogP contribution in [-0.2, 0) is 27.2 Å². The molecule has 0 saturated heterocycles. The molecule has 0 spiro atoms. The number of hydrogen-bond acceptors (Lipinski definition) is 4. The number of carboxylic acids is 2. The van der Waals surface area contributed by atoms with E-state index in [9.17, 15) is 0 Å². The first kappa shape index (κ1) is 23.3. The molecule has 6 nitrogen and oxygen atoms in total. The number of rotatable bonds is 10. The van der Waals surface area contributed by atoms with E-state index in [0.717, 1.165) is 45.6 Å². The monoisotopic (exact) mass is 387 g/mol. The topological polar surface area (TPSA) is 87.1 Å². The first-order chi connectivity index (χ1) is 13.5. The first-order valence-corrected chi connectivity index (χ1v) is 9.29. The van der Waals surface area contributed by atoms with Crippen LogP contribution in [0, 0.1) is 0 Å². The lowest BCUT2D eigenvalue weighted by atomic mass is 10.1. The van der Waals surface area contributed by atoms with Gasteiger partial charge in [-0.15, -0.1) is 0 Å². The summed E-state index contributed by atoms with van der Waals surface area (Å²) >= 11 is 0. The van der Waals surface area contributed by atoms with Gasteiger partial charge in [0.1, 0.15) is 0 Å². The maximum Gasteiger partial charge on any atom is 0.414 e. The third-order valence-electron chi connectivity index (χ3n) is 4.02. The second-order valence-corrected chi connectivity index (χ2v) is 6.35. The predicted molar refractivity (Wildman–Crippen MR) is 108 cm³/mol. The standard InChI is InChI=1S/C20H27NO.C2H2O4/c1-21(15-14-20-11-6-3-7-12-20)16-18-22-17-8-13-19-9-4-2-5-10-19;3-1(4)2(5)6/h2-7,9-12H,8,13-18H2,1H3;(H,3,4)(H,5,6). The molecule has 28 heavy (non-hydrogen) atoms. The lowest BCUT2D eigenvalue weighted by Gasteiger charge is -2.16. The van der Waals surface area contributed by atoms with Crippen LogP contribution < -0.4 is 0 Å². The van der Waals surface area contributed by atoms with Gasteiger partial charge < -0.3 is 19.8 Å². The van der Waals surface area contributed by atoms with Gasteiger partial charge in [0.2, 0.25) is 0 Å². The number of carbonyl (C=O) groups is 2. The van der Waals surface area contributed by atoms with Gasteiger partial charge in [-0.05, 0) is 37.4 Å². The van der Waals surface area contributed by atoms with Gasteiger partial charge in [-0.2, -0.15) is 0 Å². The highest BCUT2D eigenvalue weighted by molar-refractivity contribution is 6.27. The Balaban J connectivity index is 0.000000568. The van der Waals surface area contributed by atoms with Crippen LogP contribution in [0.15, 0.2) is 60.7 Å². The van der Waals surface area contributed by atoms with E-state index in [2.05, 4.69) is 72.6 Å². The maximum atomic E-state index is 9.10. The summed E-state index contributed by atoms with van der Waals surface area (Å²) in [6, 6.07) is 21.3. The van der Waals surface area contributed by atoms with Crippen molar-refractivity contribution in [1.29, 1.82) is 0 Å². The van der Waals surface area contributed by atoms with Gasteiger partial charge in [0.15, 0.2) is 0 Å². The molecule has 0 unspecified atom stereocenters. The summed E-state index contributed by atoms with van der Waals surface area (Å²) in [5.74, 6) is -3.65. The van der Waals surface area contributed by atoms with Crippen molar-refractivity contribution < 1.29 is 24.5 Å². The van der Waals surface area contributed by atoms with E-state index in [-0.39, 0.29) is 0 Å². The molecule has 0 radical (unpaired) electrons.